The highest BCUT2D eigenvalue weighted by molar-refractivity contribution is 4.67. The van der Waals surface area contributed by atoms with E-state index in [1.54, 1.807) is 0 Å². The van der Waals surface area contributed by atoms with Crippen molar-refractivity contribution in [3.8, 4) is 0 Å². The molecule has 2 N–H and O–H groups in total. The Morgan fingerprint density at radius 3 is 1.03 bits per heavy atom. The second-order valence-electron chi connectivity index (χ2n) is 12.1. The summed E-state index contributed by atoms with van der Waals surface area (Å²) in [5.41, 5.74) is 0. The Kier molecular flexibility index (Phi) is 29.7. The van der Waals surface area contributed by atoms with Gasteiger partial charge in [-0.3, -0.25) is 0 Å². The highest BCUT2D eigenvalue weighted by Crippen LogP contribution is 2.13. The van der Waals surface area contributed by atoms with Crippen LogP contribution in [0.25, 0.3) is 0 Å². The zero-order chi connectivity index (χ0) is 28.1. The maximum Gasteiger partial charge on any atom is 0.0667 e. The van der Waals surface area contributed by atoms with Crippen molar-refractivity contribution in [1.29, 1.82) is 0 Å². The largest absolute Gasteiger partial charge is 0.392 e. The van der Waals surface area contributed by atoms with Gasteiger partial charge in [0, 0.05) is 13.1 Å². The van der Waals surface area contributed by atoms with Gasteiger partial charge in [-0.15, -0.1) is 0 Å². The van der Waals surface area contributed by atoms with E-state index in [1.807, 2.05) is 0 Å². The third kappa shape index (κ3) is 26.1. The lowest BCUT2D eigenvalue weighted by Crippen LogP contribution is -2.34. The lowest BCUT2D eigenvalue weighted by atomic mass is 10.1. The van der Waals surface area contributed by atoms with E-state index in [0.29, 0.717) is 0 Å². The van der Waals surface area contributed by atoms with E-state index in [4.69, 9.17) is 0 Å². The first-order chi connectivity index (χ1) is 18.6. The van der Waals surface area contributed by atoms with Gasteiger partial charge in [0.2, 0.25) is 0 Å². The van der Waals surface area contributed by atoms with E-state index in [2.05, 4.69) is 37.5 Å². The molecule has 0 rings (SSSR count). The molecule has 2 unspecified atom stereocenters. The summed E-state index contributed by atoms with van der Waals surface area (Å²) in [4.78, 5) is 4.99. The van der Waals surface area contributed by atoms with Crippen LogP contribution in [0.5, 0.6) is 0 Å². The molecular formula is C34H72N2O2. The molecule has 0 fully saturated rings. The van der Waals surface area contributed by atoms with Crippen molar-refractivity contribution in [3.05, 3.63) is 0 Å². The Morgan fingerprint density at radius 2 is 0.684 bits per heavy atom. The van der Waals surface area contributed by atoms with Crippen LogP contribution in [0.1, 0.15) is 169 Å². The zero-order valence-corrected chi connectivity index (χ0v) is 26.7. The Hall–Kier alpha value is -0.160. The highest BCUT2D eigenvalue weighted by Gasteiger charge is 2.12. The second kappa shape index (κ2) is 29.8. The van der Waals surface area contributed by atoms with Crippen molar-refractivity contribution in [2.45, 2.75) is 181 Å². The molecule has 0 saturated carbocycles. The number of rotatable bonds is 31. The average molecular weight is 541 g/mol. The van der Waals surface area contributed by atoms with Crippen molar-refractivity contribution in [2.75, 3.05) is 39.3 Å². The lowest BCUT2D eigenvalue weighted by Gasteiger charge is -2.25. The van der Waals surface area contributed by atoms with Crippen molar-refractivity contribution in [3.63, 3.8) is 0 Å². The van der Waals surface area contributed by atoms with Crippen LogP contribution < -0.4 is 0 Å². The summed E-state index contributed by atoms with van der Waals surface area (Å²) < 4.78 is 0. The van der Waals surface area contributed by atoms with Crippen LogP contribution in [0, 0.1) is 0 Å². The van der Waals surface area contributed by atoms with Crippen LogP contribution in [-0.4, -0.2) is 71.5 Å². The first-order valence-electron chi connectivity index (χ1n) is 17.4. The topological polar surface area (TPSA) is 46.9 Å². The summed E-state index contributed by atoms with van der Waals surface area (Å²) in [5.74, 6) is 0. The van der Waals surface area contributed by atoms with Gasteiger partial charge in [-0.25, -0.2) is 0 Å². The number of aliphatic hydroxyl groups is 2. The van der Waals surface area contributed by atoms with Crippen LogP contribution in [0.15, 0.2) is 0 Å². The molecule has 38 heavy (non-hydrogen) atoms. The summed E-state index contributed by atoms with van der Waals surface area (Å²) in [6.07, 6.45) is 27.4. The van der Waals surface area contributed by atoms with E-state index in [0.717, 1.165) is 65.0 Å². The molecule has 0 saturated heterocycles. The quantitative estimate of drug-likeness (QED) is 0.0861. The molecule has 0 aliphatic heterocycles. The van der Waals surface area contributed by atoms with Gasteiger partial charge >= 0.3 is 0 Å². The fourth-order valence-corrected chi connectivity index (χ4v) is 5.70. The first-order valence-corrected chi connectivity index (χ1v) is 17.4. The Bertz CT molecular complexity index is 408. The first kappa shape index (κ1) is 37.8. The van der Waals surface area contributed by atoms with Gasteiger partial charge in [-0.1, -0.05) is 130 Å². The lowest BCUT2D eigenvalue weighted by molar-refractivity contribution is 0.0992. The van der Waals surface area contributed by atoms with Crippen LogP contribution in [0.4, 0.5) is 0 Å². The van der Waals surface area contributed by atoms with Gasteiger partial charge < -0.3 is 20.0 Å². The average Bonchev–Trinajstić information content (AvgIpc) is 2.89. The normalized spacial score (nSPS) is 13.6. The second-order valence-corrected chi connectivity index (χ2v) is 12.1. The number of hydrogen-bond donors (Lipinski definition) is 2. The minimum absolute atomic E-state index is 0.160. The van der Waals surface area contributed by atoms with Gasteiger partial charge in [0.05, 0.1) is 12.2 Å². The molecule has 0 aromatic rings. The van der Waals surface area contributed by atoms with E-state index < -0.39 is 0 Å². The molecule has 0 aliphatic carbocycles. The molecule has 0 aromatic carbocycles. The Balaban J connectivity index is 3.95. The predicted molar refractivity (Wildman–Crippen MR) is 169 cm³/mol. The molecule has 0 amide bonds. The Labute approximate surface area is 240 Å². The van der Waals surface area contributed by atoms with Gasteiger partial charge in [0.1, 0.15) is 0 Å². The summed E-state index contributed by atoms with van der Waals surface area (Å²) in [7, 11) is 0. The van der Waals surface area contributed by atoms with E-state index in [-0.39, 0.29) is 12.2 Å². The summed E-state index contributed by atoms with van der Waals surface area (Å²) in [6, 6.07) is 0. The Morgan fingerprint density at radius 1 is 0.368 bits per heavy atom. The molecule has 0 heterocycles. The minimum Gasteiger partial charge on any atom is -0.392 e. The number of unbranched alkanes of at least 4 members (excludes halogenated alkanes) is 15. The molecule has 4 heteroatoms. The molecule has 4 nitrogen and oxygen atoms in total. The minimum atomic E-state index is -0.160. The molecular weight excluding hydrogens is 468 g/mol. The van der Waals surface area contributed by atoms with Crippen LogP contribution in [0.3, 0.4) is 0 Å². The van der Waals surface area contributed by atoms with Crippen LogP contribution in [0.2, 0.25) is 0 Å². The zero-order valence-electron chi connectivity index (χ0n) is 26.7. The van der Waals surface area contributed by atoms with Crippen molar-refractivity contribution < 1.29 is 10.2 Å². The number of nitrogens with zero attached hydrogens (tertiary/aromatic N) is 2. The van der Waals surface area contributed by atoms with Crippen molar-refractivity contribution in [1.82, 2.24) is 9.80 Å². The van der Waals surface area contributed by atoms with E-state index in [9.17, 15) is 10.2 Å². The highest BCUT2D eigenvalue weighted by atomic mass is 16.3. The van der Waals surface area contributed by atoms with E-state index in [1.165, 1.54) is 116 Å². The maximum absolute atomic E-state index is 10.6. The van der Waals surface area contributed by atoms with Crippen molar-refractivity contribution >= 4 is 0 Å². The summed E-state index contributed by atoms with van der Waals surface area (Å²) >= 11 is 0. The smallest absolute Gasteiger partial charge is 0.0667 e. The van der Waals surface area contributed by atoms with Gasteiger partial charge in [0.25, 0.3) is 0 Å². The number of hydrogen-bond acceptors (Lipinski definition) is 4. The molecule has 0 radical (unpaired) electrons. The predicted octanol–water partition coefficient (Wildman–Crippen LogP) is 8.97. The molecule has 0 bridgehead atoms. The molecule has 230 valence electrons. The fraction of sp³-hybridized carbons (Fsp3) is 1.00. The fourth-order valence-electron chi connectivity index (χ4n) is 5.70. The standard InChI is InChI=1S/C34H72N2O2/c1-5-9-11-13-15-17-21-25-33(37)31-35(27-7-3)29-23-19-20-24-30-36(28-8-4)32-34(38)26-22-18-16-14-12-10-6-2/h33-34,37-38H,5-32H2,1-4H3. The van der Waals surface area contributed by atoms with Crippen LogP contribution in [-0.2, 0) is 0 Å². The summed E-state index contributed by atoms with van der Waals surface area (Å²) in [5, 5.41) is 21.1. The van der Waals surface area contributed by atoms with Gasteiger partial charge in [0.15, 0.2) is 0 Å². The monoisotopic (exact) mass is 541 g/mol. The summed E-state index contributed by atoms with van der Waals surface area (Å²) in [6.45, 7) is 15.2. The molecule has 0 spiro atoms. The molecule has 0 aromatic heterocycles. The third-order valence-electron chi connectivity index (χ3n) is 8.00. The van der Waals surface area contributed by atoms with Crippen molar-refractivity contribution in [2.24, 2.45) is 0 Å². The maximum atomic E-state index is 10.6. The van der Waals surface area contributed by atoms with E-state index >= 15 is 0 Å². The molecule has 2 atom stereocenters. The SMILES string of the molecule is CCCCCCCCCC(O)CN(CCC)CCCCCCN(CCC)CC(O)CCCCCCCCC. The van der Waals surface area contributed by atoms with Gasteiger partial charge in [-0.2, -0.15) is 0 Å². The third-order valence-corrected chi connectivity index (χ3v) is 8.00. The number of aliphatic hydroxyl groups excluding tert-OH is 2. The van der Waals surface area contributed by atoms with Crippen LogP contribution >= 0.6 is 0 Å². The van der Waals surface area contributed by atoms with Gasteiger partial charge in [-0.05, 0) is 64.7 Å². The molecule has 0 aliphatic rings.